The highest BCUT2D eigenvalue weighted by Crippen LogP contribution is 2.16. The van der Waals surface area contributed by atoms with Crippen LogP contribution >= 0.6 is 0 Å². The second-order valence-electron chi connectivity index (χ2n) is 8.51. The number of amides is 1. The lowest BCUT2D eigenvalue weighted by Gasteiger charge is -2.12. The first-order chi connectivity index (χ1) is 16.4. The summed E-state index contributed by atoms with van der Waals surface area (Å²) in [5, 5.41) is 2.99. The van der Waals surface area contributed by atoms with Gasteiger partial charge in [0.1, 0.15) is 5.82 Å². The zero-order valence-electron chi connectivity index (χ0n) is 19.4. The average molecular weight is 453 g/mol. The second kappa shape index (κ2) is 10.2. The molecule has 0 fully saturated rings. The maximum absolute atomic E-state index is 12.8. The van der Waals surface area contributed by atoms with Gasteiger partial charge in [0.25, 0.3) is 11.5 Å². The molecule has 2 heterocycles. The molecule has 4 aromatic rings. The Morgan fingerprint density at radius 1 is 0.941 bits per heavy atom. The van der Waals surface area contributed by atoms with Crippen LogP contribution in [0.25, 0.3) is 0 Å². The molecule has 0 saturated heterocycles. The van der Waals surface area contributed by atoms with Crippen molar-refractivity contribution in [3.05, 3.63) is 128 Å². The standard InChI is InChI=1S/C28H28N4O2/c1-18-13-26(29)32-19(2)25(18)17-31-28(34)23-6-3-5-22(16-23)14-20-8-10-21(11-9-20)15-24-7-4-12-30-27(24)33/h3-13,16H,14-15,17H2,1-2H3,(H2,29,32)(H,30,33)(H,31,34). The van der Waals surface area contributed by atoms with Gasteiger partial charge < -0.3 is 16.0 Å². The third-order valence-electron chi connectivity index (χ3n) is 5.91. The maximum atomic E-state index is 12.8. The van der Waals surface area contributed by atoms with Gasteiger partial charge in [-0.05, 0) is 72.4 Å². The van der Waals surface area contributed by atoms with E-state index in [0.717, 1.165) is 39.1 Å². The summed E-state index contributed by atoms with van der Waals surface area (Å²) in [6.45, 7) is 4.27. The van der Waals surface area contributed by atoms with Crippen LogP contribution in [0.5, 0.6) is 0 Å². The van der Waals surface area contributed by atoms with Gasteiger partial charge in [0.15, 0.2) is 0 Å². The molecule has 0 aliphatic carbocycles. The normalized spacial score (nSPS) is 10.8. The Morgan fingerprint density at radius 2 is 1.68 bits per heavy atom. The molecule has 0 spiro atoms. The van der Waals surface area contributed by atoms with Crippen molar-refractivity contribution in [2.75, 3.05) is 5.73 Å². The van der Waals surface area contributed by atoms with E-state index in [4.69, 9.17) is 5.73 Å². The molecule has 172 valence electrons. The van der Waals surface area contributed by atoms with Gasteiger partial charge in [0, 0.05) is 36.0 Å². The van der Waals surface area contributed by atoms with Gasteiger partial charge in [-0.2, -0.15) is 0 Å². The SMILES string of the molecule is Cc1cc(N)nc(C)c1CNC(=O)c1cccc(Cc2ccc(Cc3ccc[nH]c3=O)cc2)c1. The summed E-state index contributed by atoms with van der Waals surface area (Å²) in [7, 11) is 0. The summed E-state index contributed by atoms with van der Waals surface area (Å²) in [6.07, 6.45) is 2.95. The molecule has 0 saturated carbocycles. The molecule has 0 aliphatic rings. The van der Waals surface area contributed by atoms with Crippen LogP contribution in [0.15, 0.2) is 77.7 Å². The molecule has 0 aliphatic heterocycles. The fourth-order valence-corrected chi connectivity index (χ4v) is 4.07. The van der Waals surface area contributed by atoms with Gasteiger partial charge in [-0.15, -0.1) is 0 Å². The van der Waals surface area contributed by atoms with Crippen LogP contribution in [0.4, 0.5) is 5.82 Å². The number of benzene rings is 2. The van der Waals surface area contributed by atoms with Crippen molar-refractivity contribution in [2.24, 2.45) is 0 Å². The number of nitrogens with one attached hydrogen (secondary N) is 2. The molecule has 34 heavy (non-hydrogen) atoms. The number of aryl methyl sites for hydroxylation is 2. The van der Waals surface area contributed by atoms with Crippen LogP contribution in [0.1, 0.15) is 49.4 Å². The highest BCUT2D eigenvalue weighted by atomic mass is 16.1. The fourth-order valence-electron chi connectivity index (χ4n) is 4.07. The maximum Gasteiger partial charge on any atom is 0.251 e. The Kier molecular flexibility index (Phi) is 6.87. The summed E-state index contributed by atoms with van der Waals surface area (Å²) in [4.78, 5) is 31.7. The Morgan fingerprint density at radius 3 is 2.38 bits per heavy atom. The number of carbonyl (C=O) groups is 1. The molecular formula is C28H28N4O2. The van der Waals surface area contributed by atoms with E-state index in [1.165, 1.54) is 0 Å². The minimum atomic E-state index is -0.124. The fraction of sp³-hybridized carbons (Fsp3) is 0.179. The van der Waals surface area contributed by atoms with Crippen molar-refractivity contribution >= 4 is 11.7 Å². The predicted octanol–water partition coefficient (Wildman–Crippen LogP) is 4.08. The molecule has 1 amide bonds. The van der Waals surface area contributed by atoms with Gasteiger partial charge in [-0.3, -0.25) is 9.59 Å². The molecule has 0 bridgehead atoms. The molecule has 4 N–H and O–H groups in total. The number of nitrogen functional groups attached to an aromatic ring is 1. The van der Waals surface area contributed by atoms with Crippen LogP contribution in [0.2, 0.25) is 0 Å². The van der Waals surface area contributed by atoms with Crippen LogP contribution in [-0.4, -0.2) is 15.9 Å². The van der Waals surface area contributed by atoms with E-state index in [1.54, 1.807) is 6.20 Å². The number of carbonyl (C=O) groups excluding carboxylic acids is 1. The van der Waals surface area contributed by atoms with E-state index in [-0.39, 0.29) is 11.5 Å². The predicted molar refractivity (Wildman–Crippen MR) is 135 cm³/mol. The zero-order valence-corrected chi connectivity index (χ0v) is 19.4. The molecule has 6 heteroatoms. The lowest BCUT2D eigenvalue weighted by molar-refractivity contribution is 0.0950. The van der Waals surface area contributed by atoms with Crippen molar-refractivity contribution in [1.82, 2.24) is 15.3 Å². The highest BCUT2D eigenvalue weighted by Gasteiger charge is 2.10. The summed E-state index contributed by atoms with van der Waals surface area (Å²) in [5.74, 6) is 0.362. The number of hydrogen-bond acceptors (Lipinski definition) is 4. The first-order valence-corrected chi connectivity index (χ1v) is 11.2. The number of hydrogen-bond donors (Lipinski definition) is 3. The quantitative estimate of drug-likeness (QED) is 0.393. The largest absolute Gasteiger partial charge is 0.384 e. The van der Waals surface area contributed by atoms with Crippen LogP contribution in [0.3, 0.4) is 0 Å². The van der Waals surface area contributed by atoms with Crippen LogP contribution in [0, 0.1) is 13.8 Å². The van der Waals surface area contributed by atoms with Gasteiger partial charge in [0.05, 0.1) is 0 Å². The molecule has 0 unspecified atom stereocenters. The Bertz CT molecular complexity index is 1350. The monoisotopic (exact) mass is 452 g/mol. The molecule has 2 aromatic heterocycles. The Hall–Kier alpha value is -4.19. The van der Waals surface area contributed by atoms with Gasteiger partial charge >= 0.3 is 0 Å². The lowest BCUT2D eigenvalue weighted by atomic mass is 9.99. The summed E-state index contributed by atoms with van der Waals surface area (Å²) < 4.78 is 0. The van der Waals surface area contributed by atoms with Crippen molar-refractivity contribution in [3.63, 3.8) is 0 Å². The third-order valence-corrected chi connectivity index (χ3v) is 5.91. The molecular weight excluding hydrogens is 424 g/mol. The third kappa shape index (κ3) is 5.59. The first kappa shape index (κ1) is 23.0. The second-order valence-corrected chi connectivity index (χ2v) is 8.51. The number of pyridine rings is 2. The number of anilines is 1. The molecule has 0 radical (unpaired) electrons. The molecule has 6 nitrogen and oxygen atoms in total. The van der Waals surface area contributed by atoms with E-state index in [2.05, 4.69) is 27.4 Å². The van der Waals surface area contributed by atoms with Crippen molar-refractivity contribution in [2.45, 2.75) is 33.2 Å². The zero-order chi connectivity index (χ0) is 24.1. The topological polar surface area (TPSA) is 101 Å². The van der Waals surface area contributed by atoms with E-state index in [1.807, 2.05) is 68.4 Å². The minimum Gasteiger partial charge on any atom is -0.384 e. The van der Waals surface area contributed by atoms with E-state index >= 15 is 0 Å². The lowest BCUT2D eigenvalue weighted by Crippen LogP contribution is -2.24. The molecule has 0 atom stereocenters. The van der Waals surface area contributed by atoms with E-state index in [9.17, 15) is 9.59 Å². The summed E-state index contributed by atoms with van der Waals surface area (Å²) >= 11 is 0. The number of H-pyrrole nitrogens is 1. The van der Waals surface area contributed by atoms with Crippen molar-refractivity contribution < 1.29 is 4.79 Å². The highest BCUT2D eigenvalue weighted by molar-refractivity contribution is 5.94. The number of nitrogens with zero attached hydrogens (tertiary/aromatic N) is 1. The minimum absolute atomic E-state index is 0.0559. The average Bonchev–Trinajstić information content (AvgIpc) is 2.81. The number of aromatic amines is 1. The summed E-state index contributed by atoms with van der Waals surface area (Å²) in [6, 6.07) is 21.4. The number of rotatable bonds is 7. The first-order valence-electron chi connectivity index (χ1n) is 11.2. The molecule has 2 aromatic carbocycles. The number of aromatic nitrogens is 2. The van der Waals surface area contributed by atoms with Gasteiger partial charge in [-0.25, -0.2) is 4.98 Å². The van der Waals surface area contributed by atoms with Gasteiger partial charge in [-0.1, -0.05) is 42.5 Å². The van der Waals surface area contributed by atoms with Crippen molar-refractivity contribution in [1.29, 1.82) is 0 Å². The summed E-state index contributed by atoms with van der Waals surface area (Å²) in [5.41, 5.74) is 13.2. The van der Waals surface area contributed by atoms with Crippen LogP contribution in [-0.2, 0) is 19.4 Å². The van der Waals surface area contributed by atoms with E-state index < -0.39 is 0 Å². The van der Waals surface area contributed by atoms with Crippen LogP contribution < -0.4 is 16.6 Å². The molecule has 4 rings (SSSR count). The smallest absolute Gasteiger partial charge is 0.251 e. The number of nitrogens with two attached hydrogens (primary N) is 1. The Balaban J connectivity index is 1.40. The van der Waals surface area contributed by atoms with Crippen molar-refractivity contribution in [3.8, 4) is 0 Å². The van der Waals surface area contributed by atoms with Gasteiger partial charge in [0.2, 0.25) is 0 Å². The van der Waals surface area contributed by atoms with E-state index in [0.29, 0.717) is 30.8 Å². The Labute approximate surface area is 198 Å².